The van der Waals surface area contributed by atoms with Gasteiger partial charge in [-0.15, -0.1) is 24.0 Å². The van der Waals surface area contributed by atoms with Crippen LogP contribution in [-0.2, 0) is 6.54 Å². The molecule has 0 radical (unpaired) electrons. The van der Waals surface area contributed by atoms with Gasteiger partial charge in [0.15, 0.2) is 11.8 Å². The molecule has 0 spiro atoms. The summed E-state index contributed by atoms with van der Waals surface area (Å²) < 4.78 is 14.9. The Hall–Kier alpha value is -2.69. The second-order valence-corrected chi connectivity index (χ2v) is 6.82. The highest BCUT2D eigenvalue weighted by molar-refractivity contribution is 14.0. The number of pyridine rings is 1. The van der Waals surface area contributed by atoms with E-state index in [9.17, 15) is 4.39 Å². The second kappa shape index (κ2) is 10.4. The fourth-order valence-corrected chi connectivity index (χ4v) is 3.44. The zero-order valence-electron chi connectivity index (χ0n) is 16.8. The Labute approximate surface area is 192 Å². The minimum atomic E-state index is -0.205. The number of aromatic nitrogens is 3. The maximum Gasteiger partial charge on any atom is 0.194 e. The summed E-state index contributed by atoms with van der Waals surface area (Å²) in [6, 6.07) is 12.6. The summed E-state index contributed by atoms with van der Waals surface area (Å²) in [5.74, 6) is 1.46. The number of guanidine groups is 1. The molecule has 0 amide bonds. The van der Waals surface area contributed by atoms with Crippen LogP contribution in [0.25, 0.3) is 5.82 Å². The fourth-order valence-electron chi connectivity index (χ4n) is 3.44. The molecule has 0 bridgehead atoms. The quantitative estimate of drug-likeness (QED) is 0.325. The molecular formula is C21H25FIN7. The van der Waals surface area contributed by atoms with Crippen LogP contribution in [0.5, 0.6) is 0 Å². The van der Waals surface area contributed by atoms with Gasteiger partial charge in [0.25, 0.3) is 0 Å². The number of nitrogens with one attached hydrogen (secondary N) is 1. The highest BCUT2D eigenvalue weighted by Gasteiger charge is 2.19. The van der Waals surface area contributed by atoms with Crippen LogP contribution in [-0.4, -0.2) is 58.9 Å². The number of benzene rings is 1. The maximum atomic E-state index is 13.1. The lowest BCUT2D eigenvalue weighted by Gasteiger charge is -2.37. The zero-order chi connectivity index (χ0) is 20.1. The minimum Gasteiger partial charge on any atom is -0.368 e. The van der Waals surface area contributed by atoms with Crippen molar-refractivity contribution >= 4 is 35.6 Å². The van der Waals surface area contributed by atoms with E-state index in [1.165, 1.54) is 12.1 Å². The predicted molar refractivity (Wildman–Crippen MR) is 127 cm³/mol. The lowest BCUT2D eigenvalue weighted by atomic mass is 10.2. The van der Waals surface area contributed by atoms with E-state index >= 15 is 0 Å². The topological polar surface area (TPSA) is 61.6 Å². The number of hydrogen-bond donors (Lipinski definition) is 1. The first-order chi connectivity index (χ1) is 14.2. The summed E-state index contributed by atoms with van der Waals surface area (Å²) >= 11 is 0. The molecule has 3 aromatic rings. The molecule has 1 N–H and O–H groups in total. The Morgan fingerprint density at radius 1 is 1.10 bits per heavy atom. The summed E-state index contributed by atoms with van der Waals surface area (Å²) in [7, 11) is 1.80. The van der Waals surface area contributed by atoms with E-state index in [1.54, 1.807) is 24.1 Å². The van der Waals surface area contributed by atoms with Crippen LogP contribution >= 0.6 is 24.0 Å². The fraction of sp³-hybridized carbons (Fsp3) is 0.286. The van der Waals surface area contributed by atoms with E-state index in [-0.39, 0.29) is 29.8 Å². The zero-order valence-corrected chi connectivity index (χ0v) is 19.1. The van der Waals surface area contributed by atoms with Gasteiger partial charge in [0.1, 0.15) is 5.82 Å². The summed E-state index contributed by atoms with van der Waals surface area (Å²) in [5, 5.41) is 7.67. The molecule has 9 heteroatoms. The molecule has 1 fully saturated rings. The van der Waals surface area contributed by atoms with Gasteiger partial charge in [-0.05, 0) is 48.0 Å². The van der Waals surface area contributed by atoms with E-state index in [2.05, 4.69) is 30.2 Å². The Balaban J connectivity index is 0.00000256. The number of anilines is 1. The van der Waals surface area contributed by atoms with Crippen molar-refractivity contribution in [3.8, 4) is 5.82 Å². The third kappa shape index (κ3) is 5.26. The highest BCUT2D eigenvalue weighted by atomic mass is 127. The van der Waals surface area contributed by atoms with E-state index in [1.807, 2.05) is 36.5 Å². The number of aliphatic imine (C=N–C) groups is 1. The van der Waals surface area contributed by atoms with Crippen LogP contribution < -0.4 is 10.2 Å². The molecular weight excluding hydrogens is 496 g/mol. The predicted octanol–water partition coefficient (Wildman–Crippen LogP) is 2.92. The molecule has 1 aliphatic rings. The van der Waals surface area contributed by atoms with Crippen LogP contribution in [0.15, 0.2) is 66.0 Å². The molecule has 158 valence electrons. The van der Waals surface area contributed by atoms with Gasteiger partial charge in [0, 0.05) is 64.0 Å². The molecule has 30 heavy (non-hydrogen) atoms. The lowest BCUT2D eigenvalue weighted by molar-refractivity contribution is 0.372. The summed E-state index contributed by atoms with van der Waals surface area (Å²) in [6.45, 7) is 4.09. The van der Waals surface area contributed by atoms with Crippen molar-refractivity contribution in [1.29, 1.82) is 0 Å². The highest BCUT2D eigenvalue weighted by Crippen LogP contribution is 2.17. The second-order valence-electron chi connectivity index (χ2n) is 6.82. The number of halogens is 2. The van der Waals surface area contributed by atoms with Crippen molar-refractivity contribution in [2.24, 2.45) is 4.99 Å². The van der Waals surface area contributed by atoms with Crippen molar-refractivity contribution in [2.45, 2.75) is 6.54 Å². The largest absolute Gasteiger partial charge is 0.368 e. The molecule has 1 aliphatic heterocycles. The molecule has 0 aliphatic carbocycles. The third-order valence-corrected chi connectivity index (χ3v) is 4.98. The Morgan fingerprint density at radius 2 is 1.87 bits per heavy atom. The maximum absolute atomic E-state index is 13.1. The summed E-state index contributed by atoms with van der Waals surface area (Å²) in [5.41, 5.74) is 2.16. The average molecular weight is 521 g/mol. The molecule has 0 unspecified atom stereocenters. The first-order valence-electron chi connectivity index (χ1n) is 9.64. The normalized spacial score (nSPS) is 14.4. The van der Waals surface area contributed by atoms with Gasteiger partial charge >= 0.3 is 0 Å². The van der Waals surface area contributed by atoms with Gasteiger partial charge < -0.3 is 15.1 Å². The van der Waals surface area contributed by atoms with Crippen LogP contribution in [0.2, 0.25) is 0 Å². The van der Waals surface area contributed by atoms with Crippen molar-refractivity contribution < 1.29 is 4.39 Å². The van der Waals surface area contributed by atoms with E-state index < -0.39 is 0 Å². The van der Waals surface area contributed by atoms with Crippen LogP contribution in [0.3, 0.4) is 0 Å². The van der Waals surface area contributed by atoms with Crippen LogP contribution in [0, 0.1) is 5.82 Å². The summed E-state index contributed by atoms with van der Waals surface area (Å²) in [4.78, 5) is 13.3. The Bertz CT molecular complexity index is 952. The Morgan fingerprint density at radius 3 is 2.53 bits per heavy atom. The SMILES string of the molecule is CN=C(NCc1ccnc(-n2cccn2)c1)N1CCN(c2ccc(F)cc2)CC1.I. The first-order valence-corrected chi connectivity index (χ1v) is 9.64. The van der Waals surface area contributed by atoms with Crippen molar-refractivity contribution in [3.05, 3.63) is 72.4 Å². The minimum absolute atomic E-state index is 0. The van der Waals surface area contributed by atoms with Gasteiger partial charge in [-0.2, -0.15) is 5.10 Å². The van der Waals surface area contributed by atoms with Crippen LogP contribution in [0.4, 0.5) is 10.1 Å². The van der Waals surface area contributed by atoms with E-state index in [0.717, 1.165) is 49.2 Å². The van der Waals surface area contributed by atoms with Gasteiger partial charge in [-0.3, -0.25) is 4.99 Å². The van der Waals surface area contributed by atoms with Crippen molar-refractivity contribution in [2.75, 3.05) is 38.1 Å². The molecule has 1 saturated heterocycles. The number of piperazine rings is 1. The monoisotopic (exact) mass is 521 g/mol. The molecule has 0 atom stereocenters. The first kappa shape index (κ1) is 22.0. The van der Waals surface area contributed by atoms with E-state index in [4.69, 9.17) is 0 Å². The molecule has 2 aromatic heterocycles. The Kier molecular flexibility index (Phi) is 7.61. The van der Waals surface area contributed by atoms with E-state index in [0.29, 0.717) is 6.54 Å². The molecule has 3 heterocycles. The lowest BCUT2D eigenvalue weighted by Crippen LogP contribution is -2.52. The summed E-state index contributed by atoms with van der Waals surface area (Å²) in [6.07, 6.45) is 5.40. The van der Waals surface area contributed by atoms with Gasteiger partial charge in [0.05, 0.1) is 0 Å². The molecule has 1 aromatic carbocycles. The van der Waals surface area contributed by atoms with Gasteiger partial charge in [-0.1, -0.05) is 0 Å². The molecule has 7 nitrogen and oxygen atoms in total. The number of nitrogens with zero attached hydrogens (tertiary/aromatic N) is 6. The van der Waals surface area contributed by atoms with Gasteiger partial charge in [-0.25, -0.2) is 14.1 Å². The smallest absolute Gasteiger partial charge is 0.194 e. The van der Waals surface area contributed by atoms with Crippen molar-refractivity contribution in [1.82, 2.24) is 25.0 Å². The third-order valence-electron chi connectivity index (χ3n) is 4.98. The average Bonchev–Trinajstić information content (AvgIpc) is 3.31. The number of rotatable bonds is 4. The number of hydrogen-bond acceptors (Lipinski definition) is 4. The van der Waals surface area contributed by atoms with Crippen molar-refractivity contribution in [3.63, 3.8) is 0 Å². The molecule has 0 saturated carbocycles. The van der Waals surface area contributed by atoms with Gasteiger partial charge in [0.2, 0.25) is 0 Å². The standard InChI is InChI=1S/C21H24FN7.HI/c1-23-21(25-16-17-7-9-24-20(15-17)29-10-2-8-26-29)28-13-11-27(12-14-28)19-5-3-18(22)4-6-19;/h2-10,15H,11-14,16H2,1H3,(H,23,25);1H. The van der Waals surface area contributed by atoms with Crippen LogP contribution in [0.1, 0.15) is 5.56 Å². The molecule has 4 rings (SSSR count).